The van der Waals surface area contributed by atoms with E-state index in [4.69, 9.17) is 9.52 Å². The summed E-state index contributed by atoms with van der Waals surface area (Å²) >= 11 is 0. The third-order valence-corrected chi connectivity index (χ3v) is 8.65. The van der Waals surface area contributed by atoms with Crippen molar-refractivity contribution in [3.63, 3.8) is 0 Å². The zero-order valence-corrected chi connectivity index (χ0v) is 26.7. The maximum atomic E-state index is 13.3. The molecule has 3 amide bonds. The monoisotopic (exact) mass is 603 g/mol. The molecule has 3 heterocycles. The number of fused-ring (bicyclic) bond motifs is 1. The van der Waals surface area contributed by atoms with Crippen LogP contribution in [0.25, 0.3) is 16.7 Å². The van der Waals surface area contributed by atoms with E-state index in [1.807, 2.05) is 91.5 Å². The van der Waals surface area contributed by atoms with Gasteiger partial charge in [-0.15, -0.1) is 0 Å². The second-order valence-corrected chi connectivity index (χ2v) is 13.2. The molecule has 6 rings (SSSR count). The number of carbonyl (C=O) groups is 2. The molecule has 1 saturated heterocycles. The average Bonchev–Trinajstić information content (AvgIpc) is 3.59. The lowest BCUT2D eigenvalue weighted by molar-refractivity contribution is 0.0660. The molecule has 0 atom stereocenters. The van der Waals surface area contributed by atoms with Crippen LogP contribution in [0, 0.1) is 19.8 Å². The van der Waals surface area contributed by atoms with Gasteiger partial charge < -0.3 is 14.6 Å². The van der Waals surface area contributed by atoms with Gasteiger partial charge in [-0.3, -0.25) is 10.1 Å². The summed E-state index contributed by atoms with van der Waals surface area (Å²) in [5.74, 6) is 1.48. The number of nitrogens with zero attached hydrogens (tertiary/aromatic N) is 3. The Labute approximate surface area is 264 Å². The number of nitrogens with one attached hydrogen (secondary N) is 2. The van der Waals surface area contributed by atoms with Crippen molar-refractivity contribution < 1.29 is 14.0 Å². The summed E-state index contributed by atoms with van der Waals surface area (Å²) in [6, 6.07) is 25.5. The Kier molecular flexibility index (Phi) is 8.23. The summed E-state index contributed by atoms with van der Waals surface area (Å²) in [7, 11) is 0. The number of benzene rings is 3. The maximum Gasteiger partial charge on any atom is 0.324 e. The number of aryl methyl sites for hydroxylation is 2. The van der Waals surface area contributed by atoms with Gasteiger partial charge in [0.05, 0.1) is 11.4 Å². The number of amides is 3. The van der Waals surface area contributed by atoms with Gasteiger partial charge in [0, 0.05) is 41.2 Å². The highest BCUT2D eigenvalue weighted by Gasteiger charge is 2.28. The minimum Gasteiger partial charge on any atom is -0.451 e. The molecule has 1 aliphatic rings. The fourth-order valence-electron chi connectivity index (χ4n) is 5.97. The smallest absolute Gasteiger partial charge is 0.324 e. The second-order valence-electron chi connectivity index (χ2n) is 13.2. The number of piperidine rings is 1. The Balaban J connectivity index is 1.07. The lowest BCUT2D eigenvalue weighted by Crippen LogP contribution is -2.39. The number of hydrogen-bond donors (Lipinski definition) is 2. The van der Waals surface area contributed by atoms with Crippen molar-refractivity contribution in [3.05, 3.63) is 107 Å². The summed E-state index contributed by atoms with van der Waals surface area (Å²) in [5, 5.41) is 11.8. The van der Waals surface area contributed by atoms with Crippen LogP contribution in [0.15, 0.2) is 83.3 Å². The van der Waals surface area contributed by atoms with E-state index in [1.54, 1.807) is 4.68 Å². The highest BCUT2D eigenvalue weighted by atomic mass is 16.3. The predicted molar refractivity (Wildman–Crippen MR) is 179 cm³/mol. The number of hydrogen-bond acceptors (Lipinski definition) is 4. The Morgan fingerprint density at radius 2 is 1.64 bits per heavy atom. The van der Waals surface area contributed by atoms with E-state index < -0.39 is 0 Å². The molecule has 45 heavy (non-hydrogen) atoms. The topological polar surface area (TPSA) is 92.4 Å². The summed E-state index contributed by atoms with van der Waals surface area (Å²) < 4.78 is 7.71. The number of rotatable bonds is 6. The fraction of sp³-hybridized carbons (Fsp3) is 0.324. The zero-order valence-electron chi connectivity index (χ0n) is 26.7. The first kappa shape index (κ1) is 30.2. The number of anilines is 2. The molecule has 8 heteroatoms. The Hall–Kier alpha value is -4.85. The molecule has 3 aromatic carbocycles. The van der Waals surface area contributed by atoms with E-state index in [2.05, 4.69) is 37.5 Å². The molecule has 232 valence electrons. The third-order valence-electron chi connectivity index (χ3n) is 8.65. The van der Waals surface area contributed by atoms with Crippen molar-refractivity contribution in [2.45, 2.75) is 59.3 Å². The van der Waals surface area contributed by atoms with Crippen LogP contribution >= 0.6 is 0 Å². The molecule has 0 saturated carbocycles. The fourth-order valence-corrected chi connectivity index (χ4v) is 5.97. The zero-order chi connectivity index (χ0) is 31.7. The number of furan rings is 1. The van der Waals surface area contributed by atoms with Gasteiger partial charge in [0.2, 0.25) is 0 Å². The molecular weight excluding hydrogens is 562 g/mol. The normalized spacial score (nSPS) is 14.1. The molecular formula is C37H41N5O3. The van der Waals surface area contributed by atoms with Gasteiger partial charge in [0.15, 0.2) is 5.76 Å². The van der Waals surface area contributed by atoms with Crippen LogP contribution in [0.5, 0.6) is 0 Å². The largest absolute Gasteiger partial charge is 0.451 e. The van der Waals surface area contributed by atoms with E-state index in [1.165, 1.54) is 0 Å². The molecule has 1 aliphatic heterocycles. The number of likely N-dealkylation sites (tertiary alicyclic amines) is 1. The minimum absolute atomic E-state index is 0.0299. The number of aromatic nitrogens is 2. The van der Waals surface area contributed by atoms with Crippen molar-refractivity contribution >= 4 is 34.4 Å². The Morgan fingerprint density at radius 3 is 2.36 bits per heavy atom. The van der Waals surface area contributed by atoms with Crippen molar-refractivity contribution in [2.24, 2.45) is 5.92 Å². The highest BCUT2D eigenvalue weighted by molar-refractivity contribution is 6.00. The van der Waals surface area contributed by atoms with Crippen LogP contribution in [0.3, 0.4) is 0 Å². The van der Waals surface area contributed by atoms with Crippen molar-refractivity contribution in [2.75, 3.05) is 23.7 Å². The molecule has 2 aromatic heterocycles. The number of para-hydroxylation sites is 1. The molecule has 0 bridgehead atoms. The van der Waals surface area contributed by atoms with Crippen LogP contribution in [0.1, 0.15) is 66.6 Å². The third kappa shape index (κ3) is 6.65. The summed E-state index contributed by atoms with van der Waals surface area (Å²) in [5.41, 5.74) is 6.30. The predicted octanol–water partition coefficient (Wildman–Crippen LogP) is 8.27. The van der Waals surface area contributed by atoms with E-state index in [9.17, 15) is 9.59 Å². The van der Waals surface area contributed by atoms with Gasteiger partial charge in [0.1, 0.15) is 11.4 Å². The van der Waals surface area contributed by atoms with Gasteiger partial charge in [0.25, 0.3) is 5.91 Å². The summed E-state index contributed by atoms with van der Waals surface area (Å²) in [6.07, 6.45) is 2.72. The molecule has 2 N–H and O–H groups in total. The molecule has 0 unspecified atom stereocenters. The molecule has 0 radical (unpaired) electrons. The van der Waals surface area contributed by atoms with Crippen molar-refractivity contribution in [3.8, 4) is 5.69 Å². The first-order valence-corrected chi connectivity index (χ1v) is 15.7. The highest BCUT2D eigenvalue weighted by Crippen LogP contribution is 2.30. The van der Waals surface area contributed by atoms with Gasteiger partial charge >= 0.3 is 6.03 Å². The summed E-state index contributed by atoms with van der Waals surface area (Å²) in [4.78, 5) is 28.4. The standard InChI is InChI=1S/C37H41N5O3/c1-24-13-15-29(16-14-24)42-33(23-32(40-42)37(3,4)5)39-36(44)38-28-10-8-9-27(22-28)21-26-17-19-41(20-18-26)35(43)34-25(2)30-11-6-7-12-31(30)45-34/h6-16,22-23,26H,17-21H2,1-5H3,(H2,38,39,44). The summed E-state index contributed by atoms with van der Waals surface area (Å²) in [6.45, 7) is 11.7. The van der Waals surface area contributed by atoms with Crippen molar-refractivity contribution in [1.82, 2.24) is 14.7 Å². The van der Waals surface area contributed by atoms with Crippen LogP contribution in [-0.2, 0) is 11.8 Å². The minimum atomic E-state index is -0.325. The SMILES string of the molecule is Cc1ccc(-n2nc(C(C)(C)C)cc2NC(=O)Nc2cccc(CC3CCN(C(=O)c4oc5ccccc5c4C)CC3)c2)cc1. The Morgan fingerprint density at radius 1 is 0.911 bits per heavy atom. The van der Waals surface area contributed by atoms with Crippen LogP contribution in [0.2, 0.25) is 0 Å². The van der Waals surface area contributed by atoms with Gasteiger partial charge in [-0.1, -0.05) is 68.8 Å². The molecule has 1 fully saturated rings. The quantitative estimate of drug-likeness (QED) is 0.204. The molecule has 5 aromatic rings. The molecule has 8 nitrogen and oxygen atoms in total. The van der Waals surface area contributed by atoms with Crippen LogP contribution in [0.4, 0.5) is 16.3 Å². The maximum absolute atomic E-state index is 13.3. The van der Waals surface area contributed by atoms with Crippen LogP contribution < -0.4 is 10.6 Å². The Bertz CT molecular complexity index is 1840. The average molecular weight is 604 g/mol. The molecule has 0 aliphatic carbocycles. The van der Waals surface area contributed by atoms with E-state index in [0.29, 0.717) is 30.6 Å². The van der Waals surface area contributed by atoms with E-state index >= 15 is 0 Å². The van der Waals surface area contributed by atoms with E-state index in [-0.39, 0.29) is 17.4 Å². The molecule has 0 spiro atoms. The van der Waals surface area contributed by atoms with Gasteiger partial charge in [-0.05, 0) is 74.9 Å². The van der Waals surface area contributed by atoms with E-state index in [0.717, 1.165) is 64.0 Å². The first-order valence-electron chi connectivity index (χ1n) is 15.7. The first-order chi connectivity index (χ1) is 21.5. The number of carbonyl (C=O) groups excluding carboxylic acids is 2. The van der Waals surface area contributed by atoms with Gasteiger partial charge in [-0.2, -0.15) is 5.10 Å². The lowest BCUT2D eigenvalue weighted by atomic mass is 9.90. The lowest BCUT2D eigenvalue weighted by Gasteiger charge is -2.31. The second kappa shape index (κ2) is 12.3. The van der Waals surface area contributed by atoms with Crippen LogP contribution in [-0.4, -0.2) is 39.7 Å². The number of urea groups is 1. The van der Waals surface area contributed by atoms with Crippen molar-refractivity contribution in [1.29, 1.82) is 0 Å². The van der Waals surface area contributed by atoms with Gasteiger partial charge in [-0.25, -0.2) is 9.48 Å².